The maximum absolute atomic E-state index is 11.9. The Balaban J connectivity index is 2.33. The lowest BCUT2D eigenvalue weighted by molar-refractivity contribution is 0.0379. The Labute approximate surface area is 102 Å². The normalized spacial score (nSPS) is 14.5. The van der Waals surface area contributed by atoms with E-state index < -0.39 is 0 Å². The number of fused-ring (bicyclic) bond motifs is 1. The number of hydrogen-bond donors (Lipinski definition) is 1. The van der Waals surface area contributed by atoms with Crippen LogP contribution in [-0.4, -0.2) is 12.1 Å². The van der Waals surface area contributed by atoms with Crippen LogP contribution in [-0.2, 0) is 17.6 Å². The van der Waals surface area contributed by atoms with E-state index in [0.717, 1.165) is 24.8 Å². The molecule has 2 rings (SSSR count). The summed E-state index contributed by atoms with van der Waals surface area (Å²) in [6.07, 6.45) is 4.29. The summed E-state index contributed by atoms with van der Waals surface area (Å²) in [5, 5.41) is 0. The van der Waals surface area contributed by atoms with Crippen molar-refractivity contribution in [3.05, 3.63) is 28.8 Å². The maximum atomic E-state index is 11.9. The largest absolute Gasteiger partial charge is 0.459 e. The zero-order valence-electron chi connectivity index (χ0n) is 10.5. The van der Waals surface area contributed by atoms with Crippen LogP contribution in [0, 0.1) is 0 Å². The van der Waals surface area contributed by atoms with Gasteiger partial charge in [0.25, 0.3) is 0 Å². The highest BCUT2D eigenvalue weighted by Crippen LogP contribution is 2.29. The van der Waals surface area contributed by atoms with Gasteiger partial charge in [0, 0.05) is 5.69 Å². The summed E-state index contributed by atoms with van der Waals surface area (Å²) in [5.74, 6) is -0.314. The fourth-order valence-corrected chi connectivity index (χ4v) is 2.31. The van der Waals surface area contributed by atoms with Gasteiger partial charge in [0.05, 0.1) is 11.7 Å². The van der Waals surface area contributed by atoms with Gasteiger partial charge < -0.3 is 10.5 Å². The van der Waals surface area contributed by atoms with E-state index in [1.807, 2.05) is 19.9 Å². The van der Waals surface area contributed by atoms with E-state index in [9.17, 15) is 4.79 Å². The SMILES string of the molecule is CC(C)OC(=O)c1ccc2c(c1N)CCCC2. The molecule has 3 nitrogen and oxygen atoms in total. The van der Waals surface area contributed by atoms with Crippen LogP contribution in [0.4, 0.5) is 5.69 Å². The molecule has 0 aromatic heterocycles. The summed E-state index contributed by atoms with van der Waals surface area (Å²) in [5.41, 5.74) is 9.65. The molecule has 0 unspecified atom stereocenters. The van der Waals surface area contributed by atoms with Gasteiger partial charge in [0.1, 0.15) is 0 Å². The minimum absolute atomic E-state index is 0.113. The Morgan fingerprint density at radius 1 is 1.29 bits per heavy atom. The highest BCUT2D eigenvalue weighted by atomic mass is 16.5. The van der Waals surface area contributed by atoms with Crippen LogP contribution >= 0.6 is 0 Å². The zero-order chi connectivity index (χ0) is 12.4. The second-order valence-corrected chi connectivity index (χ2v) is 4.83. The third kappa shape index (κ3) is 2.43. The van der Waals surface area contributed by atoms with Crippen LogP contribution in [0.15, 0.2) is 12.1 Å². The van der Waals surface area contributed by atoms with Crippen molar-refractivity contribution in [2.75, 3.05) is 5.73 Å². The summed E-state index contributed by atoms with van der Waals surface area (Å²) in [7, 11) is 0. The van der Waals surface area contributed by atoms with Gasteiger partial charge in [0.2, 0.25) is 0 Å². The van der Waals surface area contributed by atoms with E-state index in [0.29, 0.717) is 11.3 Å². The molecular weight excluding hydrogens is 214 g/mol. The standard InChI is InChI=1S/C14H19NO2/c1-9(2)17-14(16)12-8-7-10-5-3-4-6-11(10)13(12)15/h7-9H,3-6,15H2,1-2H3. The van der Waals surface area contributed by atoms with Crippen molar-refractivity contribution in [2.24, 2.45) is 0 Å². The van der Waals surface area contributed by atoms with Crippen molar-refractivity contribution in [1.82, 2.24) is 0 Å². The Morgan fingerprint density at radius 2 is 2.00 bits per heavy atom. The molecule has 2 N–H and O–H groups in total. The molecule has 3 heteroatoms. The monoisotopic (exact) mass is 233 g/mol. The first-order chi connectivity index (χ1) is 8.09. The number of carbonyl (C=O) groups excluding carboxylic acids is 1. The second kappa shape index (κ2) is 4.78. The van der Waals surface area contributed by atoms with Gasteiger partial charge >= 0.3 is 5.97 Å². The van der Waals surface area contributed by atoms with Crippen molar-refractivity contribution >= 4 is 11.7 Å². The Kier molecular flexibility index (Phi) is 3.36. The molecule has 0 spiro atoms. The molecule has 1 aliphatic rings. The van der Waals surface area contributed by atoms with Crippen LogP contribution in [0.3, 0.4) is 0 Å². The second-order valence-electron chi connectivity index (χ2n) is 4.83. The lowest BCUT2D eigenvalue weighted by atomic mass is 9.89. The first kappa shape index (κ1) is 12.0. The molecule has 1 aliphatic carbocycles. The summed E-state index contributed by atoms with van der Waals surface area (Å²) >= 11 is 0. The molecule has 1 aromatic rings. The average molecular weight is 233 g/mol. The molecule has 0 amide bonds. The number of benzene rings is 1. The number of nitrogens with two attached hydrogens (primary N) is 1. The molecular formula is C14H19NO2. The van der Waals surface area contributed by atoms with Gasteiger partial charge in [-0.3, -0.25) is 0 Å². The van der Waals surface area contributed by atoms with Gasteiger partial charge in [-0.1, -0.05) is 6.07 Å². The molecule has 92 valence electrons. The number of carbonyl (C=O) groups is 1. The van der Waals surface area contributed by atoms with Gasteiger partial charge in [-0.25, -0.2) is 4.79 Å². The molecule has 17 heavy (non-hydrogen) atoms. The van der Waals surface area contributed by atoms with Gasteiger partial charge in [-0.2, -0.15) is 0 Å². The molecule has 0 bridgehead atoms. The molecule has 0 atom stereocenters. The van der Waals surface area contributed by atoms with Crippen LogP contribution in [0.1, 0.15) is 48.2 Å². The van der Waals surface area contributed by atoms with E-state index in [1.165, 1.54) is 12.0 Å². The van der Waals surface area contributed by atoms with E-state index in [2.05, 4.69) is 0 Å². The first-order valence-electron chi connectivity index (χ1n) is 6.21. The fourth-order valence-electron chi connectivity index (χ4n) is 2.31. The number of rotatable bonds is 2. The van der Waals surface area contributed by atoms with Crippen LogP contribution < -0.4 is 5.73 Å². The summed E-state index contributed by atoms with van der Waals surface area (Å²) < 4.78 is 5.19. The molecule has 0 saturated carbocycles. The molecule has 0 fully saturated rings. The predicted octanol–water partition coefficient (Wildman–Crippen LogP) is 2.71. The summed E-state index contributed by atoms with van der Waals surface area (Å²) in [4.78, 5) is 11.9. The van der Waals surface area contributed by atoms with Gasteiger partial charge in [-0.15, -0.1) is 0 Å². The van der Waals surface area contributed by atoms with Gasteiger partial charge in [-0.05, 0) is 56.7 Å². The molecule has 0 heterocycles. The minimum Gasteiger partial charge on any atom is -0.459 e. The number of nitrogen functional groups attached to an aromatic ring is 1. The number of ether oxygens (including phenoxy) is 1. The maximum Gasteiger partial charge on any atom is 0.340 e. The summed E-state index contributed by atoms with van der Waals surface area (Å²) in [6, 6.07) is 3.81. The number of aryl methyl sites for hydroxylation is 1. The van der Waals surface area contributed by atoms with Crippen molar-refractivity contribution in [1.29, 1.82) is 0 Å². The lowest BCUT2D eigenvalue weighted by Gasteiger charge is -2.19. The molecule has 0 radical (unpaired) electrons. The molecule has 0 aliphatic heterocycles. The van der Waals surface area contributed by atoms with E-state index >= 15 is 0 Å². The van der Waals surface area contributed by atoms with Gasteiger partial charge in [0.15, 0.2) is 0 Å². The van der Waals surface area contributed by atoms with E-state index in [-0.39, 0.29) is 12.1 Å². The smallest absolute Gasteiger partial charge is 0.340 e. The van der Waals surface area contributed by atoms with Crippen molar-refractivity contribution in [3.8, 4) is 0 Å². The number of hydrogen-bond acceptors (Lipinski definition) is 3. The van der Waals surface area contributed by atoms with E-state index in [4.69, 9.17) is 10.5 Å². The van der Waals surface area contributed by atoms with E-state index in [1.54, 1.807) is 6.07 Å². The predicted molar refractivity (Wildman–Crippen MR) is 68.0 cm³/mol. The third-order valence-electron chi connectivity index (χ3n) is 3.14. The molecule has 1 aromatic carbocycles. The number of esters is 1. The Morgan fingerprint density at radius 3 is 2.71 bits per heavy atom. The Hall–Kier alpha value is -1.51. The highest BCUT2D eigenvalue weighted by molar-refractivity contribution is 5.96. The quantitative estimate of drug-likeness (QED) is 0.631. The van der Waals surface area contributed by atoms with Crippen molar-refractivity contribution < 1.29 is 9.53 Å². The zero-order valence-corrected chi connectivity index (χ0v) is 10.5. The van der Waals surface area contributed by atoms with Crippen molar-refractivity contribution in [3.63, 3.8) is 0 Å². The third-order valence-corrected chi connectivity index (χ3v) is 3.14. The number of anilines is 1. The van der Waals surface area contributed by atoms with Crippen LogP contribution in [0.25, 0.3) is 0 Å². The molecule has 0 saturated heterocycles. The average Bonchev–Trinajstić information content (AvgIpc) is 2.28. The first-order valence-corrected chi connectivity index (χ1v) is 6.21. The Bertz CT molecular complexity index is 438. The van der Waals surface area contributed by atoms with Crippen molar-refractivity contribution in [2.45, 2.75) is 45.6 Å². The fraction of sp³-hybridized carbons (Fsp3) is 0.500. The van der Waals surface area contributed by atoms with Crippen LogP contribution in [0.5, 0.6) is 0 Å². The highest BCUT2D eigenvalue weighted by Gasteiger charge is 2.19. The van der Waals surface area contributed by atoms with Crippen LogP contribution in [0.2, 0.25) is 0 Å². The minimum atomic E-state index is -0.314. The topological polar surface area (TPSA) is 52.3 Å². The summed E-state index contributed by atoms with van der Waals surface area (Å²) in [6.45, 7) is 3.68. The lowest BCUT2D eigenvalue weighted by Crippen LogP contribution is -2.16.